The smallest absolute Gasteiger partial charge is 0.231 e. The number of thiazole rings is 1. The second-order valence-electron chi connectivity index (χ2n) is 2.07. The highest BCUT2D eigenvalue weighted by Gasteiger charge is 2.02. The van der Waals surface area contributed by atoms with Crippen LogP contribution in [0.25, 0.3) is 0 Å². The van der Waals surface area contributed by atoms with Crippen LogP contribution in [0.3, 0.4) is 0 Å². The summed E-state index contributed by atoms with van der Waals surface area (Å²) in [6.45, 7) is 0.289. The zero-order valence-corrected chi connectivity index (χ0v) is 8.45. The molecule has 0 spiro atoms. The lowest BCUT2D eigenvalue weighted by Gasteiger charge is -1.98. The SMILES string of the molecule is C#CCNC(=O)CSc1nccs1. The molecule has 1 rings (SSSR count). The third kappa shape index (κ3) is 3.97. The summed E-state index contributed by atoms with van der Waals surface area (Å²) >= 11 is 2.93. The Morgan fingerprint density at radius 3 is 3.31 bits per heavy atom. The molecule has 1 aromatic rings. The molecular formula is C8H8N2OS2. The van der Waals surface area contributed by atoms with Crippen molar-refractivity contribution in [3.05, 3.63) is 11.6 Å². The van der Waals surface area contributed by atoms with Gasteiger partial charge in [-0.3, -0.25) is 4.79 Å². The van der Waals surface area contributed by atoms with Crippen molar-refractivity contribution in [2.24, 2.45) is 0 Å². The number of aromatic nitrogens is 1. The van der Waals surface area contributed by atoms with E-state index in [1.54, 1.807) is 6.20 Å². The van der Waals surface area contributed by atoms with Gasteiger partial charge in [0.15, 0.2) is 0 Å². The Hall–Kier alpha value is -0.990. The molecule has 0 aromatic carbocycles. The third-order valence-electron chi connectivity index (χ3n) is 1.12. The van der Waals surface area contributed by atoms with E-state index in [2.05, 4.69) is 16.2 Å². The van der Waals surface area contributed by atoms with Crippen molar-refractivity contribution in [3.8, 4) is 12.3 Å². The molecule has 1 N–H and O–H groups in total. The van der Waals surface area contributed by atoms with Crippen molar-refractivity contribution >= 4 is 29.0 Å². The molecule has 0 unspecified atom stereocenters. The van der Waals surface area contributed by atoms with Gasteiger partial charge in [-0.15, -0.1) is 17.8 Å². The molecule has 0 fully saturated rings. The van der Waals surface area contributed by atoms with E-state index in [0.717, 1.165) is 4.34 Å². The van der Waals surface area contributed by atoms with Crippen LogP contribution in [-0.4, -0.2) is 23.2 Å². The largest absolute Gasteiger partial charge is 0.344 e. The highest BCUT2D eigenvalue weighted by molar-refractivity contribution is 8.01. The topological polar surface area (TPSA) is 42.0 Å². The van der Waals surface area contributed by atoms with Crippen molar-refractivity contribution in [1.29, 1.82) is 0 Å². The zero-order chi connectivity index (χ0) is 9.52. The van der Waals surface area contributed by atoms with Crippen LogP contribution in [0.5, 0.6) is 0 Å². The maximum absolute atomic E-state index is 11.0. The Balaban J connectivity index is 2.20. The van der Waals surface area contributed by atoms with Gasteiger partial charge in [0.05, 0.1) is 12.3 Å². The Bertz CT molecular complexity index is 302. The van der Waals surface area contributed by atoms with Gasteiger partial charge in [0.25, 0.3) is 0 Å². The molecule has 3 nitrogen and oxygen atoms in total. The number of hydrogen-bond donors (Lipinski definition) is 1. The first kappa shape index (κ1) is 10.1. The number of nitrogens with zero attached hydrogens (tertiary/aromatic N) is 1. The summed E-state index contributed by atoms with van der Waals surface area (Å²) in [4.78, 5) is 15.1. The highest BCUT2D eigenvalue weighted by atomic mass is 32.2. The van der Waals surface area contributed by atoms with E-state index in [1.807, 2.05) is 5.38 Å². The van der Waals surface area contributed by atoms with Crippen molar-refractivity contribution < 1.29 is 4.79 Å². The van der Waals surface area contributed by atoms with Gasteiger partial charge in [0.1, 0.15) is 4.34 Å². The van der Waals surface area contributed by atoms with Crippen LogP contribution in [0, 0.1) is 12.3 Å². The zero-order valence-electron chi connectivity index (χ0n) is 6.82. The van der Waals surface area contributed by atoms with Gasteiger partial charge in [0, 0.05) is 11.6 Å². The first-order valence-electron chi connectivity index (χ1n) is 3.55. The number of hydrogen-bond acceptors (Lipinski definition) is 4. The maximum Gasteiger partial charge on any atom is 0.231 e. The second-order valence-corrected chi connectivity index (χ2v) is 4.18. The number of rotatable bonds is 4. The molecule has 0 radical (unpaired) electrons. The minimum Gasteiger partial charge on any atom is -0.344 e. The molecule has 0 saturated heterocycles. The molecule has 0 bridgehead atoms. The minimum absolute atomic E-state index is 0.0573. The first-order valence-corrected chi connectivity index (χ1v) is 5.42. The van der Waals surface area contributed by atoms with Gasteiger partial charge in [-0.25, -0.2) is 4.98 Å². The van der Waals surface area contributed by atoms with Crippen molar-refractivity contribution in [2.45, 2.75) is 4.34 Å². The van der Waals surface area contributed by atoms with Crippen LogP contribution in [0.1, 0.15) is 0 Å². The Morgan fingerprint density at radius 2 is 2.69 bits per heavy atom. The molecular weight excluding hydrogens is 204 g/mol. The fourth-order valence-electron chi connectivity index (χ4n) is 0.610. The molecule has 0 aliphatic carbocycles. The quantitative estimate of drug-likeness (QED) is 0.597. The lowest BCUT2D eigenvalue weighted by atomic mass is 10.6. The summed E-state index contributed by atoms with van der Waals surface area (Å²) in [5, 5.41) is 4.45. The van der Waals surface area contributed by atoms with Gasteiger partial charge in [-0.05, 0) is 0 Å². The fraction of sp³-hybridized carbons (Fsp3) is 0.250. The summed E-state index contributed by atoms with van der Waals surface area (Å²) < 4.78 is 0.899. The van der Waals surface area contributed by atoms with Crippen LogP contribution < -0.4 is 5.32 Å². The molecule has 1 amide bonds. The molecule has 5 heteroatoms. The van der Waals surface area contributed by atoms with Gasteiger partial charge in [-0.2, -0.15) is 0 Å². The molecule has 13 heavy (non-hydrogen) atoms. The summed E-state index contributed by atoms with van der Waals surface area (Å²) in [5.41, 5.74) is 0. The third-order valence-corrected chi connectivity index (χ3v) is 3.09. The van der Waals surface area contributed by atoms with Crippen LogP contribution in [0.15, 0.2) is 15.9 Å². The molecule has 0 aliphatic heterocycles. The Labute approximate surface area is 84.9 Å². The molecule has 0 atom stereocenters. The van der Waals surface area contributed by atoms with Crippen LogP contribution in [-0.2, 0) is 4.79 Å². The second kappa shape index (κ2) is 5.62. The van der Waals surface area contributed by atoms with E-state index in [1.165, 1.54) is 23.1 Å². The predicted molar refractivity (Wildman–Crippen MR) is 54.7 cm³/mol. The highest BCUT2D eigenvalue weighted by Crippen LogP contribution is 2.19. The van der Waals surface area contributed by atoms with E-state index in [4.69, 9.17) is 6.42 Å². The van der Waals surface area contributed by atoms with Gasteiger partial charge < -0.3 is 5.32 Å². The van der Waals surface area contributed by atoms with E-state index < -0.39 is 0 Å². The molecule has 1 aromatic heterocycles. The van der Waals surface area contributed by atoms with E-state index in [0.29, 0.717) is 5.75 Å². The van der Waals surface area contributed by atoms with E-state index in [9.17, 15) is 4.79 Å². The number of nitrogens with one attached hydrogen (secondary N) is 1. The van der Waals surface area contributed by atoms with Gasteiger partial charge in [-0.1, -0.05) is 17.7 Å². The van der Waals surface area contributed by atoms with Crippen LogP contribution >= 0.6 is 23.1 Å². The predicted octanol–water partition coefficient (Wildman–Crippen LogP) is 0.985. The number of amides is 1. The Kier molecular flexibility index (Phi) is 4.36. The average molecular weight is 212 g/mol. The Morgan fingerprint density at radius 1 is 1.85 bits per heavy atom. The number of carbonyl (C=O) groups is 1. The van der Waals surface area contributed by atoms with Crippen molar-refractivity contribution in [3.63, 3.8) is 0 Å². The number of terminal acetylenes is 1. The van der Waals surface area contributed by atoms with Gasteiger partial charge >= 0.3 is 0 Å². The number of carbonyl (C=O) groups excluding carboxylic acids is 1. The minimum atomic E-state index is -0.0573. The molecule has 68 valence electrons. The number of thioether (sulfide) groups is 1. The van der Waals surface area contributed by atoms with E-state index in [-0.39, 0.29) is 12.5 Å². The molecule has 0 aliphatic rings. The van der Waals surface area contributed by atoms with Gasteiger partial charge in [0.2, 0.25) is 5.91 Å². The van der Waals surface area contributed by atoms with Crippen LogP contribution in [0.4, 0.5) is 0 Å². The lowest BCUT2D eigenvalue weighted by Crippen LogP contribution is -2.25. The first-order chi connectivity index (χ1) is 6.33. The molecule has 0 saturated carbocycles. The summed E-state index contributed by atoms with van der Waals surface area (Å²) in [6, 6.07) is 0. The standard InChI is InChI=1S/C8H8N2OS2/c1-2-3-9-7(11)6-13-8-10-4-5-12-8/h1,4-5H,3,6H2,(H,9,11). The summed E-state index contributed by atoms with van der Waals surface area (Å²) in [5.74, 6) is 2.65. The van der Waals surface area contributed by atoms with Crippen molar-refractivity contribution in [1.82, 2.24) is 10.3 Å². The fourth-order valence-corrected chi connectivity index (χ4v) is 2.08. The maximum atomic E-state index is 11.0. The normalized spacial score (nSPS) is 9.15. The monoisotopic (exact) mass is 212 g/mol. The molecule has 1 heterocycles. The lowest BCUT2D eigenvalue weighted by molar-refractivity contribution is -0.118. The van der Waals surface area contributed by atoms with Crippen molar-refractivity contribution in [2.75, 3.05) is 12.3 Å². The average Bonchev–Trinajstić information content (AvgIpc) is 2.64. The van der Waals surface area contributed by atoms with Crippen LogP contribution in [0.2, 0.25) is 0 Å². The summed E-state index contributed by atoms with van der Waals surface area (Å²) in [7, 11) is 0. The van der Waals surface area contributed by atoms with E-state index >= 15 is 0 Å². The summed E-state index contributed by atoms with van der Waals surface area (Å²) in [6.07, 6.45) is 6.70.